The van der Waals surface area contributed by atoms with E-state index in [9.17, 15) is 13.2 Å². The van der Waals surface area contributed by atoms with Crippen molar-refractivity contribution in [1.82, 2.24) is 14.9 Å². The summed E-state index contributed by atoms with van der Waals surface area (Å²) < 4.78 is 37.6. The molecular weight excluding hydrogens is 406 g/mol. The molecule has 0 aliphatic carbocycles. The molecule has 1 aliphatic heterocycles. The maximum absolute atomic E-state index is 12.8. The van der Waals surface area contributed by atoms with Gasteiger partial charge in [0.05, 0.1) is 23.7 Å². The minimum Gasteiger partial charge on any atom is -0.383 e. The number of nitrogens with one attached hydrogen (secondary N) is 2. The minimum atomic E-state index is -3.60. The third-order valence-corrected chi connectivity index (χ3v) is 6.06. The minimum absolute atomic E-state index is 0. The lowest BCUT2D eigenvalue weighted by Gasteiger charge is -2.34. The number of benzene rings is 1. The Bertz CT molecular complexity index is 704. The number of ether oxygens (including phenoxy) is 2. The Morgan fingerprint density at radius 1 is 1.14 bits per heavy atom. The molecule has 1 saturated heterocycles. The molecule has 1 aromatic rings. The molecular formula is C18H30ClN3O5S. The van der Waals surface area contributed by atoms with Crippen LogP contribution in [-0.4, -0.2) is 77.3 Å². The molecule has 1 heterocycles. The van der Waals surface area contributed by atoms with Crippen LogP contribution in [0.25, 0.3) is 0 Å². The maximum Gasteiger partial charge on any atom is 0.251 e. The number of morpholine rings is 1. The number of rotatable bonds is 9. The predicted octanol–water partition coefficient (Wildman–Crippen LogP) is 0.872. The second-order valence-electron chi connectivity index (χ2n) is 6.60. The lowest BCUT2D eigenvalue weighted by molar-refractivity contribution is -0.0440. The highest BCUT2D eigenvalue weighted by molar-refractivity contribution is 7.89. The molecule has 0 aromatic heterocycles. The molecule has 1 fully saturated rings. The Kier molecular flexibility index (Phi) is 10.4. The normalized spacial score (nSPS) is 20.4. The van der Waals surface area contributed by atoms with Crippen LogP contribution < -0.4 is 10.6 Å². The van der Waals surface area contributed by atoms with Crippen LogP contribution in [0.5, 0.6) is 0 Å². The summed E-state index contributed by atoms with van der Waals surface area (Å²) >= 11 is 0. The molecule has 28 heavy (non-hydrogen) atoms. The van der Waals surface area contributed by atoms with Crippen LogP contribution in [0, 0.1) is 0 Å². The van der Waals surface area contributed by atoms with Crippen molar-refractivity contribution < 1.29 is 22.7 Å². The fraction of sp³-hybridized carbons (Fsp3) is 0.611. The molecule has 1 amide bonds. The molecule has 0 radical (unpaired) electrons. The van der Waals surface area contributed by atoms with Crippen LogP contribution in [0.1, 0.15) is 24.2 Å². The van der Waals surface area contributed by atoms with Gasteiger partial charge in [-0.2, -0.15) is 4.31 Å². The van der Waals surface area contributed by atoms with Gasteiger partial charge in [0, 0.05) is 45.4 Å². The number of hydrogen-bond acceptors (Lipinski definition) is 6. The van der Waals surface area contributed by atoms with Gasteiger partial charge in [-0.15, -0.1) is 12.4 Å². The summed E-state index contributed by atoms with van der Waals surface area (Å²) in [4.78, 5) is 12.3. The number of hydrogen-bond donors (Lipinski definition) is 2. The van der Waals surface area contributed by atoms with E-state index in [1.807, 2.05) is 13.8 Å². The molecule has 8 nitrogen and oxygen atoms in total. The van der Waals surface area contributed by atoms with E-state index in [1.165, 1.54) is 28.6 Å². The monoisotopic (exact) mass is 435 g/mol. The van der Waals surface area contributed by atoms with Gasteiger partial charge in [-0.3, -0.25) is 4.79 Å². The fourth-order valence-corrected chi connectivity index (χ4v) is 4.51. The third-order valence-electron chi connectivity index (χ3n) is 4.21. The summed E-state index contributed by atoms with van der Waals surface area (Å²) in [7, 11) is -1.97. The van der Waals surface area contributed by atoms with E-state index in [1.54, 1.807) is 7.11 Å². The number of carbonyl (C=O) groups is 1. The van der Waals surface area contributed by atoms with Crippen LogP contribution in [0.3, 0.4) is 0 Å². The van der Waals surface area contributed by atoms with Gasteiger partial charge in [0.15, 0.2) is 0 Å². The van der Waals surface area contributed by atoms with E-state index in [2.05, 4.69) is 10.6 Å². The van der Waals surface area contributed by atoms with Crippen molar-refractivity contribution in [2.45, 2.75) is 31.0 Å². The summed E-state index contributed by atoms with van der Waals surface area (Å²) in [6.45, 7) is 6.81. The number of amides is 1. The lowest BCUT2D eigenvalue weighted by atomic mass is 10.2. The van der Waals surface area contributed by atoms with Crippen molar-refractivity contribution in [3.8, 4) is 0 Å². The Hall–Kier alpha value is -1.23. The molecule has 2 N–H and O–H groups in total. The zero-order valence-electron chi connectivity index (χ0n) is 16.5. The molecule has 10 heteroatoms. The van der Waals surface area contributed by atoms with Gasteiger partial charge in [0.2, 0.25) is 10.0 Å². The number of carbonyl (C=O) groups excluding carboxylic acids is 1. The summed E-state index contributed by atoms with van der Waals surface area (Å²) in [6.07, 6.45) is -0.294. The van der Waals surface area contributed by atoms with Gasteiger partial charge in [-0.1, -0.05) is 0 Å². The summed E-state index contributed by atoms with van der Waals surface area (Å²) in [5.74, 6) is -0.235. The predicted molar refractivity (Wildman–Crippen MR) is 110 cm³/mol. The largest absolute Gasteiger partial charge is 0.383 e. The smallest absolute Gasteiger partial charge is 0.251 e. The standard InChI is InChI=1S/C18H29N3O5S.ClH/c1-14-12-21(13-15(2)26-14)27(23,24)17-6-4-16(5-7-17)18(22)20-9-8-19-10-11-25-3;/h4-7,14-15,19H,8-13H2,1-3H3,(H,20,22);1H. The van der Waals surface area contributed by atoms with E-state index in [4.69, 9.17) is 9.47 Å². The Labute approximate surface area is 173 Å². The second-order valence-corrected chi connectivity index (χ2v) is 8.54. The van der Waals surface area contributed by atoms with Crippen molar-refractivity contribution in [3.05, 3.63) is 29.8 Å². The van der Waals surface area contributed by atoms with E-state index >= 15 is 0 Å². The first-order valence-electron chi connectivity index (χ1n) is 9.08. The quantitative estimate of drug-likeness (QED) is 0.559. The first-order chi connectivity index (χ1) is 12.8. The molecule has 0 bridgehead atoms. The molecule has 0 spiro atoms. The Balaban J connectivity index is 0.00000392. The van der Waals surface area contributed by atoms with E-state index in [0.29, 0.717) is 38.3 Å². The molecule has 2 atom stereocenters. The van der Waals surface area contributed by atoms with Gasteiger partial charge in [0.1, 0.15) is 0 Å². The van der Waals surface area contributed by atoms with Crippen LogP contribution in [0.15, 0.2) is 29.2 Å². The number of methoxy groups -OCH3 is 1. The maximum atomic E-state index is 12.8. The fourth-order valence-electron chi connectivity index (χ4n) is 2.92. The molecule has 2 rings (SSSR count). The first-order valence-corrected chi connectivity index (χ1v) is 10.5. The second kappa shape index (κ2) is 11.7. The molecule has 1 aliphatic rings. The molecule has 2 unspecified atom stereocenters. The highest BCUT2D eigenvalue weighted by atomic mass is 35.5. The number of nitrogens with zero attached hydrogens (tertiary/aromatic N) is 1. The summed E-state index contributed by atoms with van der Waals surface area (Å²) in [5, 5.41) is 5.92. The number of halogens is 1. The Morgan fingerprint density at radius 2 is 1.75 bits per heavy atom. The van der Waals surface area contributed by atoms with Crippen molar-refractivity contribution in [2.24, 2.45) is 0 Å². The number of sulfonamides is 1. The van der Waals surface area contributed by atoms with Crippen molar-refractivity contribution in [3.63, 3.8) is 0 Å². The average molecular weight is 436 g/mol. The summed E-state index contributed by atoms with van der Waals surface area (Å²) in [5.41, 5.74) is 0.426. The molecule has 160 valence electrons. The van der Waals surface area contributed by atoms with Crippen LogP contribution in [0.2, 0.25) is 0 Å². The van der Waals surface area contributed by atoms with Crippen LogP contribution in [0.4, 0.5) is 0 Å². The Morgan fingerprint density at radius 3 is 2.32 bits per heavy atom. The third kappa shape index (κ3) is 6.98. The van der Waals surface area contributed by atoms with Crippen molar-refractivity contribution >= 4 is 28.3 Å². The van der Waals surface area contributed by atoms with E-state index in [-0.39, 0.29) is 35.4 Å². The van der Waals surface area contributed by atoms with Gasteiger partial charge in [-0.25, -0.2) is 8.42 Å². The van der Waals surface area contributed by atoms with Crippen molar-refractivity contribution in [1.29, 1.82) is 0 Å². The topological polar surface area (TPSA) is 97.0 Å². The van der Waals surface area contributed by atoms with E-state index < -0.39 is 10.0 Å². The zero-order valence-corrected chi connectivity index (χ0v) is 18.1. The average Bonchev–Trinajstić information content (AvgIpc) is 2.63. The van der Waals surface area contributed by atoms with E-state index in [0.717, 1.165) is 6.54 Å². The van der Waals surface area contributed by atoms with Gasteiger partial charge < -0.3 is 20.1 Å². The van der Waals surface area contributed by atoms with Crippen LogP contribution >= 0.6 is 12.4 Å². The highest BCUT2D eigenvalue weighted by Gasteiger charge is 2.32. The molecule has 0 saturated carbocycles. The highest BCUT2D eigenvalue weighted by Crippen LogP contribution is 2.21. The van der Waals surface area contributed by atoms with Crippen molar-refractivity contribution in [2.75, 3.05) is 46.4 Å². The summed E-state index contributed by atoms with van der Waals surface area (Å²) in [6, 6.07) is 6.03. The van der Waals surface area contributed by atoms with Gasteiger partial charge in [-0.05, 0) is 38.1 Å². The first kappa shape index (κ1) is 24.8. The lowest BCUT2D eigenvalue weighted by Crippen LogP contribution is -2.48. The SMILES string of the molecule is COCCNCCNC(=O)c1ccc(S(=O)(=O)N2CC(C)OC(C)C2)cc1.Cl. The van der Waals surface area contributed by atoms with Gasteiger partial charge >= 0.3 is 0 Å². The zero-order chi connectivity index (χ0) is 19.9. The molecule has 1 aromatic carbocycles. The van der Waals surface area contributed by atoms with Crippen LogP contribution in [-0.2, 0) is 19.5 Å². The van der Waals surface area contributed by atoms with Gasteiger partial charge in [0.25, 0.3) is 5.91 Å².